The van der Waals surface area contributed by atoms with Crippen LogP contribution in [0.1, 0.15) is 213 Å². The molecule has 0 N–H and O–H groups in total. The van der Waals surface area contributed by atoms with Crippen LogP contribution in [0.5, 0.6) is 0 Å². The van der Waals surface area contributed by atoms with Crippen LogP contribution in [-0.2, 0) is 28.6 Å². The third-order valence-electron chi connectivity index (χ3n) is 9.88. The molecule has 0 aliphatic heterocycles. The van der Waals surface area contributed by atoms with E-state index < -0.39 is 6.10 Å². The highest BCUT2D eigenvalue weighted by Gasteiger charge is 2.19. The first kappa shape index (κ1) is 55.6. The molecule has 0 aromatic rings. The molecule has 1 unspecified atom stereocenters. The molecule has 0 aromatic carbocycles. The molecule has 0 heterocycles. The van der Waals surface area contributed by atoms with Gasteiger partial charge in [-0.15, -0.1) is 0 Å². The van der Waals surface area contributed by atoms with Crippen LogP contribution in [0.2, 0.25) is 0 Å². The van der Waals surface area contributed by atoms with E-state index in [0.29, 0.717) is 19.3 Å². The number of carbonyl (C=O) groups excluding carboxylic acids is 3. The van der Waals surface area contributed by atoms with E-state index in [4.69, 9.17) is 14.2 Å². The minimum absolute atomic E-state index is 0.110. The average Bonchev–Trinajstić information content (AvgIpc) is 3.23. The van der Waals surface area contributed by atoms with Crippen molar-refractivity contribution in [2.75, 3.05) is 13.2 Å². The Bertz CT molecular complexity index is 1170. The zero-order valence-corrected chi connectivity index (χ0v) is 38.2. The van der Waals surface area contributed by atoms with Gasteiger partial charge in [-0.05, 0) is 96.3 Å². The lowest BCUT2D eigenvalue weighted by molar-refractivity contribution is -0.166. The van der Waals surface area contributed by atoms with Crippen LogP contribution < -0.4 is 0 Å². The van der Waals surface area contributed by atoms with Gasteiger partial charge in [0.2, 0.25) is 0 Å². The zero-order valence-electron chi connectivity index (χ0n) is 38.2. The fraction of sp³-hybridized carbons (Fsp3) is 0.679. The number of rotatable bonds is 42. The van der Waals surface area contributed by atoms with Crippen LogP contribution in [0.3, 0.4) is 0 Å². The smallest absolute Gasteiger partial charge is 0.306 e. The highest BCUT2D eigenvalue weighted by molar-refractivity contribution is 5.71. The second-order valence-electron chi connectivity index (χ2n) is 15.6. The van der Waals surface area contributed by atoms with Gasteiger partial charge < -0.3 is 14.2 Å². The molecule has 0 rings (SSSR count). The van der Waals surface area contributed by atoms with Crippen molar-refractivity contribution in [1.29, 1.82) is 0 Å². The number of unbranched alkanes of at least 4 members (excludes halogenated alkanes) is 17. The summed E-state index contributed by atoms with van der Waals surface area (Å²) in [5.41, 5.74) is 0. The zero-order chi connectivity index (χ0) is 43.0. The summed E-state index contributed by atoms with van der Waals surface area (Å²) in [6, 6.07) is 0. The van der Waals surface area contributed by atoms with Gasteiger partial charge in [0.15, 0.2) is 6.10 Å². The van der Waals surface area contributed by atoms with Crippen molar-refractivity contribution in [3.8, 4) is 0 Å². The maximum atomic E-state index is 12.8. The maximum absolute atomic E-state index is 12.8. The Morgan fingerprint density at radius 1 is 0.356 bits per heavy atom. The summed E-state index contributed by atoms with van der Waals surface area (Å²) in [6.45, 7) is 6.31. The van der Waals surface area contributed by atoms with Gasteiger partial charge in [0, 0.05) is 19.3 Å². The average molecular weight is 821 g/mol. The molecule has 0 aliphatic rings. The van der Waals surface area contributed by atoms with E-state index in [1.54, 1.807) is 0 Å². The van der Waals surface area contributed by atoms with Crippen molar-refractivity contribution in [2.45, 2.75) is 219 Å². The molecule has 0 aromatic heterocycles. The fourth-order valence-electron chi connectivity index (χ4n) is 6.31. The molecule has 1 atom stereocenters. The molecule has 0 radical (unpaired) electrons. The Hall–Kier alpha value is -3.41. The summed E-state index contributed by atoms with van der Waals surface area (Å²) in [7, 11) is 0. The van der Waals surface area contributed by atoms with Crippen molar-refractivity contribution in [3.63, 3.8) is 0 Å². The first-order valence-electron chi connectivity index (χ1n) is 24.1. The predicted octanol–water partition coefficient (Wildman–Crippen LogP) is 15.6. The van der Waals surface area contributed by atoms with E-state index in [-0.39, 0.29) is 37.5 Å². The number of esters is 3. The van der Waals surface area contributed by atoms with E-state index in [9.17, 15) is 14.4 Å². The lowest BCUT2D eigenvalue weighted by Crippen LogP contribution is -2.30. The number of hydrogen-bond acceptors (Lipinski definition) is 6. The molecule has 0 bridgehead atoms. The van der Waals surface area contributed by atoms with Crippen LogP contribution in [0.15, 0.2) is 85.1 Å². The van der Waals surface area contributed by atoms with Crippen LogP contribution in [-0.4, -0.2) is 37.2 Å². The van der Waals surface area contributed by atoms with Crippen LogP contribution in [0.25, 0.3) is 0 Å². The van der Waals surface area contributed by atoms with E-state index in [1.165, 1.54) is 64.2 Å². The first-order valence-corrected chi connectivity index (χ1v) is 24.1. The molecule has 0 spiro atoms. The minimum Gasteiger partial charge on any atom is -0.462 e. The Morgan fingerprint density at radius 2 is 0.695 bits per heavy atom. The Balaban J connectivity index is 4.51. The van der Waals surface area contributed by atoms with Gasteiger partial charge >= 0.3 is 17.9 Å². The lowest BCUT2D eigenvalue weighted by Gasteiger charge is -2.18. The predicted molar refractivity (Wildman–Crippen MR) is 251 cm³/mol. The number of allylic oxidation sites excluding steroid dienone is 14. The van der Waals surface area contributed by atoms with Crippen molar-refractivity contribution in [1.82, 2.24) is 0 Å². The largest absolute Gasteiger partial charge is 0.462 e. The van der Waals surface area contributed by atoms with Gasteiger partial charge in [0.1, 0.15) is 13.2 Å². The van der Waals surface area contributed by atoms with Crippen molar-refractivity contribution >= 4 is 17.9 Å². The van der Waals surface area contributed by atoms with Gasteiger partial charge in [-0.25, -0.2) is 0 Å². The minimum atomic E-state index is -0.811. The molecule has 0 saturated carbocycles. The Kier molecular flexibility index (Phi) is 44.5. The van der Waals surface area contributed by atoms with Gasteiger partial charge in [0.05, 0.1) is 0 Å². The van der Waals surface area contributed by atoms with Gasteiger partial charge in [-0.3, -0.25) is 14.4 Å². The van der Waals surface area contributed by atoms with Gasteiger partial charge in [-0.2, -0.15) is 0 Å². The Morgan fingerprint density at radius 3 is 1.14 bits per heavy atom. The normalized spacial score (nSPS) is 12.8. The number of carbonyl (C=O) groups is 3. The second-order valence-corrected chi connectivity index (χ2v) is 15.6. The van der Waals surface area contributed by atoms with E-state index in [0.717, 1.165) is 103 Å². The third kappa shape index (κ3) is 45.5. The van der Waals surface area contributed by atoms with Crippen LogP contribution >= 0.6 is 0 Å². The standard InChI is InChI=1S/C53H88O6/c1-4-7-10-13-16-19-22-25-28-31-34-37-40-43-46-52(55)58-49-50(48-57-51(54)45-42-39-36-33-30-27-24-21-18-15-12-9-6-3)59-53(56)47-44-41-38-35-32-29-26-23-20-17-14-11-8-5-2/h7-8,10-11,16-17,19-20,25,27-28,30,36,39,50H,4-6,9,12-15,18,21-24,26,29,31-35,37-38,40-49H2,1-3H3/b10-7-,11-8-,19-16-,20-17-,28-25-,30-27-,39-36-. The summed E-state index contributed by atoms with van der Waals surface area (Å²) in [4.78, 5) is 37.8. The second kappa shape index (κ2) is 47.3. The van der Waals surface area contributed by atoms with Gasteiger partial charge in [-0.1, -0.05) is 183 Å². The highest BCUT2D eigenvalue weighted by atomic mass is 16.6. The SMILES string of the molecule is CC/C=C\C/C=C\C/C=C\CCCCCCC(=O)OCC(COC(=O)CC/C=C\C/C=C\CCCCCCCC)OC(=O)CCCCCCCCC/C=C\C/C=C\CC. The highest BCUT2D eigenvalue weighted by Crippen LogP contribution is 2.13. The Labute approximate surface area is 363 Å². The van der Waals surface area contributed by atoms with Crippen molar-refractivity contribution in [3.05, 3.63) is 85.1 Å². The molecule has 0 aliphatic carbocycles. The molecule has 6 heteroatoms. The topological polar surface area (TPSA) is 78.9 Å². The summed E-state index contributed by atoms with van der Waals surface area (Å²) in [5.74, 6) is -1.01. The molecule has 59 heavy (non-hydrogen) atoms. The molecule has 0 fully saturated rings. The molecule has 336 valence electrons. The van der Waals surface area contributed by atoms with E-state index in [1.807, 2.05) is 6.08 Å². The summed E-state index contributed by atoms with van der Waals surface area (Å²) in [5, 5.41) is 0. The lowest BCUT2D eigenvalue weighted by atomic mass is 10.1. The van der Waals surface area contributed by atoms with E-state index >= 15 is 0 Å². The fourth-order valence-corrected chi connectivity index (χ4v) is 6.31. The summed E-state index contributed by atoms with van der Waals surface area (Å²) in [6.07, 6.45) is 60.1. The number of ether oxygens (including phenoxy) is 3. The van der Waals surface area contributed by atoms with Crippen molar-refractivity contribution in [2.24, 2.45) is 0 Å². The number of hydrogen-bond donors (Lipinski definition) is 0. The molecular formula is C53H88O6. The van der Waals surface area contributed by atoms with Crippen LogP contribution in [0.4, 0.5) is 0 Å². The van der Waals surface area contributed by atoms with Crippen LogP contribution in [0, 0.1) is 0 Å². The summed E-state index contributed by atoms with van der Waals surface area (Å²) < 4.78 is 16.7. The maximum Gasteiger partial charge on any atom is 0.306 e. The van der Waals surface area contributed by atoms with E-state index in [2.05, 4.69) is 99.8 Å². The first-order chi connectivity index (χ1) is 29.0. The third-order valence-corrected chi connectivity index (χ3v) is 9.88. The molecule has 0 amide bonds. The molecular weight excluding hydrogens is 733 g/mol. The van der Waals surface area contributed by atoms with Crippen molar-refractivity contribution < 1.29 is 28.6 Å². The monoisotopic (exact) mass is 821 g/mol. The quantitative estimate of drug-likeness (QED) is 0.0264. The molecule has 0 saturated heterocycles. The molecule has 6 nitrogen and oxygen atoms in total. The summed E-state index contributed by atoms with van der Waals surface area (Å²) >= 11 is 0. The van der Waals surface area contributed by atoms with Gasteiger partial charge in [0.25, 0.3) is 0 Å².